The summed E-state index contributed by atoms with van der Waals surface area (Å²) < 4.78 is 0. The average Bonchev–Trinajstić information content (AvgIpc) is 2.25. The van der Waals surface area contributed by atoms with Gasteiger partial charge in [-0.2, -0.15) is 0 Å². The molecule has 0 radical (unpaired) electrons. The van der Waals surface area contributed by atoms with Crippen LogP contribution in [-0.2, 0) is 0 Å². The van der Waals surface area contributed by atoms with E-state index >= 15 is 0 Å². The van der Waals surface area contributed by atoms with E-state index < -0.39 is 11.0 Å². The van der Waals surface area contributed by atoms with Gasteiger partial charge in [-0.25, -0.2) is 0 Å². The van der Waals surface area contributed by atoms with Gasteiger partial charge in [0.1, 0.15) is 0 Å². The van der Waals surface area contributed by atoms with Gasteiger partial charge in [0.2, 0.25) is 0 Å². The number of anilines is 1. The van der Waals surface area contributed by atoms with Crippen molar-refractivity contribution in [3.8, 4) is 0 Å². The predicted molar refractivity (Wildman–Crippen MR) is 76.4 cm³/mol. The first-order chi connectivity index (χ1) is 8.69. The minimum atomic E-state index is -0.472. The number of rotatable bonds is 5. The number of aliphatic hydroxyl groups is 1. The van der Waals surface area contributed by atoms with E-state index in [1.165, 1.54) is 6.07 Å². The van der Waals surface area contributed by atoms with Crippen molar-refractivity contribution in [2.45, 2.75) is 40.2 Å². The minimum absolute atomic E-state index is 0.0559. The van der Waals surface area contributed by atoms with Crippen LogP contribution in [0.1, 0.15) is 32.8 Å². The summed E-state index contributed by atoms with van der Waals surface area (Å²) in [6.45, 7) is 8.28. The van der Waals surface area contributed by atoms with Crippen molar-refractivity contribution in [2.75, 3.05) is 11.9 Å². The topological polar surface area (TPSA) is 75.4 Å². The Morgan fingerprint density at radius 1 is 1.42 bits per heavy atom. The van der Waals surface area contributed by atoms with Gasteiger partial charge in [-0.15, -0.1) is 0 Å². The van der Waals surface area contributed by atoms with Gasteiger partial charge in [-0.1, -0.05) is 26.8 Å². The number of nitro benzene ring substituents is 1. The molecule has 0 amide bonds. The number of aryl methyl sites for hydroxylation is 1. The molecule has 1 atom stereocenters. The maximum atomic E-state index is 10.8. The Kier molecular flexibility index (Phi) is 4.89. The largest absolute Gasteiger partial charge is 0.391 e. The van der Waals surface area contributed by atoms with Gasteiger partial charge in [-0.3, -0.25) is 10.1 Å². The standard InChI is InChI=1S/C14H22N2O3/c1-10-5-6-11(7-13(10)16(18)19)15-9-12(17)8-14(2,3)4/h5-7,12,15,17H,8-9H2,1-4H3. The second-order valence-corrected chi connectivity index (χ2v) is 6.06. The van der Waals surface area contributed by atoms with E-state index in [0.717, 1.165) is 0 Å². The van der Waals surface area contributed by atoms with E-state index in [4.69, 9.17) is 0 Å². The normalized spacial score (nSPS) is 13.1. The highest BCUT2D eigenvalue weighted by atomic mass is 16.6. The number of nitrogens with one attached hydrogen (secondary N) is 1. The lowest BCUT2D eigenvalue weighted by Crippen LogP contribution is -2.25. The van der Waals surface area contributed by atoms with Crippen LogP contribution < -0.4 is 5.32 Å². The van der Waals surface area contributed by atoms with Crippen LogP contribution in [-0.4, -0.2) is 22.7 Å². The summed E-state index contributed by atoms with van der Waals surface area (Å²) in [5, 5.41) is 23.7. The van der Waals surface area contributed by atoms with Crippen LogP contribution in [0, 0.1) is 22.5 Å². The van der Waals surface area contributed by atoms with Crippen LogP contribution >= 0.6 is 0 Å². The van der Waals surface area contributed by atoms with Crippen molar-refractivity contribution in [3.63, 3.8) is 0 Å². The molecule has 0 fully saturated rings. The molecule has 19 heavy (non-hydrogen) atoms. The van der Waals surface area contributed by atoms with Gasteiger partial charge in [0.15, 0.2) is 0 Å². The van der Waals surface area contributed by atoms with Crippen molar-refractivity contribution >= 4 is 11.4 Å². The number of nitro groups is 1. The second kappa shape index (κ2) is 6.02. The van der Waals surface area contributed by atoms with Crippen LogP contribution in [0.5, 0.6) is 0 Å². The quantitative estimate of drug-likeness (QED) is 0.634. The van der Waals surface area contributed by atoms with E-state index in [1.54, 1.807) is 19.1 Å². The number of hydrogen-bond donors (Lipinski definition) is 2. The van der Waals surface area contributed by atoms with E-state index in [1.807, 2.05) is 0 Å². The Morgan fingerprint density at radius 2 is 2.05 bits per heavy atom. The SMILES string of the molecule is Cc1ccc(NCC(O)CC(C)(C)C)cc1[N+](=O)[O-]. The summed E-state index contributed by atoms with van der Waals surface area (Å²) >= 11 is 0. The van der Waals surface area contributed by atoms with Crippen molar-refractivity contribution in [1.82, 2.24) is 0 Å². The smallest absolute Gasteiger partial charge is 0.274 e. The Balaban J connectivity index is 2.63. The molecular formula is C14H22N2O3. The molecule has 0 saturated heterocycles. The van der Waals surface area contributed by atoms with E-state index in [2.05, 4.69) is 26.1 Å². The molecule has 5 nitrogen and oxygen atoms in total. The number of nitrogens with zero attached hydrogens (tertiary/aromatic N) is 1. The lowest BCUT2D eigenvalue weighted by Gasteiger charge is -2.22. The van der Waals surface area contributed by atoms with E-state index in [9.17, 15) is 15.2 Å². The molecule has 5 heteroatoms. The first-order valence-electron chi connectivity index (χ1n) is 6.36. The highest BCUT2D eigenvalue weighted by Gasteiger charge is 2.17. The van der Waals surface area contributed by atoms with Crippen LogP contribution in [0.4, 0.5) is 11.4 Å². The fourth-order valence-corrected chi connectivity index (χ4v) is 1.93. The van der Waals surface area contributed by atoms with Crippen LogP contribution in [0.3, 0.4) is 0 Å². The summed E-state index contributed by atoms with van der Waals surface area (Å²) in [6.07, 6.45) is 0.203. The van der Waals surface area contributed by atoms with Gasteiger partial charge in [0, 0.05) is 23.9 Å². The molecule has 1 unspecified atom stereocenters. The third kappa shape index (κ3) is 5.26. The van der Waals surface area contributed by atoms with Gasteiger partial charge >= 0.3 is 0 Å². The number of aliphatic hydroxyl groups excluding tert-OH is 1. The highest BCUT2D eigenvalue weighted by molar-refractivity contribution is 5.54. The third-order valence-electron chi connectivity index (χ3n) is 2.80. The maximum absolute atomic E-state index is 10.8. The Bertz CT molecular complexity index is 452. The van der Waals surface area contributed by atoms with Gasteiger partial charge < -0.3 is 10.4 Å². The molecule has 0 aliphatic rings. The van der Waals surface area contributed by atoms with Crippen molar-refractivity contribution in [2.24, 2.45) is 5.41 Å². The van der Waals surface area contributed by atoms with Crippen molar-refractivity contribution < 1.29 is 10.0 Å². The third-order valence-corrected chi connectivity index (χ3v) is 2.80. The van der Waals surface area contributed by atoms with E-state index in [-0.39, 0.29) is 11.1 Å². The first-order valence-corrected chi connectivity index (χ1v) is 6.36. The molecule has 1 aromatic rings. The number of hydrogen-bond acceptors (Lipinski definition) is 4. The Morgan fingerprint density at radius 3 is 2.58 bits per heavy atom. The fraction of sp³-hybridized carbons (Fsp3) is 0.571. The molecule has 0 aliphatic carbocycles. The maximum Gasteiger partial charge on any atom is 0.274 e. The van der Waals surface area contributed by atoms with Gasteiger partial charge in [-0.05, 0) is 24.8 Å². The molecule has 0 heterocycles. The molecule has 0 spiro atoms. The predicted octanol–water partition coefficient (Wildman–Crippen LogP) is 3.11. The highest BCUT2D eigenvalue weighted by Crippen LogP contribution is 2.23. The molecule has 0 saturated carbocycles. The van der Waals surface area contributed by atoms with Crippen molar-refractivity contribution in [1.29, 1.82) is 0 Å². The van der Waals surface area contributed by atoms with E-state index in [0.29, 0.717) is 24.2 Å². The van der Waals surface area contributed by atoms with Crippen LogP contribution in [0.2, 0.25) is 0 Å². The Hall–Kier alpha value is -1.62. The van der Waals surface area contributed by atoms with Gasteiger partial charge in [0.25, 0.3) is 5.69 Å². The number of benzene rings is 1. The molecule has 0 aliphatic heterocycles. The average molecular weight is 266 g/mol. The summed E-state index contributed by atoms with van der Waals surface area (Å²) in [6, 6.07) is 4.99. The molecule has 0 bridgehead atoms. The summed E-state index contributed by atoms with van der Waals surface area (Å²) in [7, 11) is 0. The summed E-state index contributed by atoms with van der Waals surface area (Å²) in [5.41, 5.74) is 1.44. The molecule has 106 valence electrons. The monoisotopic (exact) mass is 266 g/mol. The fourth-order valence-electron chi connectivity index (χ4n) is 1.93. The van der Waals surface area contributed by atoms with Gasteiger partial charge in [0.05, 0.1) is 11.0 Å². The zero-order valence-corrected chi connectivity index (χ0v) is 11.9. The summed E-state index contributed by atoms with van der Waals surface area (Å²) in [4.78, 5) is 10.4. The molecule has 0 aromatic heterocycles. The lowest BCUT2D eigenvalue weighted by atomic mass is 9.89. The lowest BCUT2D eigenvalue weighted by molar-refractivity contribution is -0.385. The zero-order chi connectivity index (χ0) is 14.6. The summed E-state index contributed by atoms with van der Waals surface area (Å²) in [5.74, 6) is 0. The first kappa shape index (κ1) is 15.4. The molecule has 1 rings (SSSR count). The van der Waals surface area contributed by atoms with Crippen LogP contribution in [0.15, 0.2) is 18.2 Å². The minimum Gasteiger partial charge on any atom is -0.391 e. The molecule has 2 N–H and O–H groups in total. The Labute approximate surface area is 113 Å². The molecule has 1 aromatic carbocycles. The molecular weight excluding hydrogens is 244 g/mol. The zero-order valence-electron chi connectivity index (χ0n) is 11.9. The van der Waals surface area contributed by atoms with Crippen molar-refractivity contribution in [3.05, 3.63) is 33.9 Å². The van der Waals surface area contributed by atoms with Crippen LogP contribution in [0.25, 0.3) is 0 Å². The second-order valence-electron chi connectivity index (χ2n) is 6.06.